The van der Waals surface area contributed by atoms with Crippen LogP contribution in [0.1, 0.15) is 161 Å². The second-order valence-corrected chi connectivity index (χ2v) is 24.0. The summed E-state index contributed by atoms with van der Waals surface area (Å²) in [7, 11) is 0. The van der Waals surface area contributed by atoms with Gasteiger partial charge in [-0.05, 0) is 116 Å². The van der Waals surface area contributed by atoms with Crippen molar-refractivity contribution < 1.29 is 9.52 Å². The van der Waals surface area contributed by atoms with Crippen molar-refractivity contribution in [1.29, 1.82) is 0 Å². The number of hydrogen-bond acceptors (Lipinski definition) is 4. The predicted molar refractivity (Wildman–Crippen MR) is 301 cm³/mol. The third kappa shape index (κ3) is 9.25. The van der Waals surface area contributed by atoms with Crippen LogP contribution in [0.2, 0.25) is 0 Å². The summed E-state index contributed by atoms with van der Waals surface area (Å²) in [5, 5.41) is 13.6. The van der Waals surface area contributed by atoms with Gasteiger partial charge in [-0.3, -0.25) is 9.55 Å². The lowest BCUT2D eigenvalue weighted by molar-refractivity contribution is 0.446. The number of phenols is 1. The van der Waals surface area contributed by atoms with E-state index in [2.05, 4.69) is 243 Å². The minimum Gasteiger partial charge on any atom is -0.507 e. The number of aryl methyl sites for hydroxylation is 1. The van der Waals surface area contributed by atoms with Crippen LogP contribution in [0, 0.1) is 6.92 Å². The molecule has 0 spiro atoms. The minimum atomic E-state index is -0.326. The molecule has 0 saturated heterocycles. The van der Waals surface area contributed by atoms with E-state index in [1.807, 2.05) is 0 Å². The van der Waals surface area contributed by atoms with E-state index in [1.54, 1.807) is 0 Å². The van der Waals surface area contributed by atoms with Crippen LogP contribution in [0.4, 0.5) is 0 Å². The normalized spacial score (nSPS) is 12.7. The number of aromatic hydroxyl groups is 1. The molecule has 0 aliphatic heterocycles. The van der Waals surface area contributed by atoms with Crippen molar-refractivity contribution in [3.63, 3.8) is 0 Å². The van der Waals surface area contributed by atoms with E-state index in [0.29, 0.717) is 29.1 Å². The van der Waals surface area contributed by atoms with Gasteiger partial charge in [0.2, 0.25) is 0 Å². The van der Waals surface area contributed by atoms with E-state index in [9.17, 15) is 5.11 Å². The summed E-state index contributed by atoms with van der Waals surface area (Å²) < 4.78 is 9.25. The molecule has 0 bridgehead atoms. The number of imidazole rings is 1. The standard InChI is InChI=1S/C66H73N3O2/c1-38(2)43-32-50(39(3)4)60(51(33-43)40(5)6)59-36-52-41(7)67-55(37-58(52)71-59)45-29-44(30-46(31-45)64(8,9)10)49-26-22-28-57-61(49)68-63(53-34-47(65(11,12)13)35-54(62(53)70)66(14,15)16)69(57)56-27-21-20-25-48(56)42-23-18-17-19-24-42/h17-40,70H,1-16H3. The topological polar surface area (TPSA) is 64.1 Å². The molecule has 0 amide bonds. The molecule has 0 atom stereocenters. The molecule has 1 N–H and O–H groups in total. The van der Waals surface area contributed by atoms with Gasteiger partial charge in [0.1, 0.15) is 22.9 Å². The average Bonchev–Trinajstić information content (AvgIpc) is 3.93. The van der Waals surface area contributed by atoms with Gasteiger partial charge in [0.25, 0.3) is 0 Å². The number of rotatable bonds is 9. The number of fused-ring (bicyclic) bond motifs is 2. The molecule has 5 nitrogen and oxygen atoms in total. The van der Waals surface area contributed by atoms with E-state index < -0.39 is 0 Å². The molecule has 0 aliphatic rings. The fourth-order valence-electron chi connectivity index (χ4n) is 10.2. The van der Waals surface area contributed by atoms with Crippen molar-refractivity contribution in [3.8, 4) is 67.7 Å². The maximum absolute atomic E-state index is 12.5. The lowest BCUT2D eigenvalue weighted by Gasteiger charge is -2.27. The largest absolute Gasteiger partial charge is 0.507 e. The van der Waals surface area contributed by atoms with Gasteiger partial charge in [-0.1, -0.05) is 189 Å². The minimum absolute atomic E-state index is 0.181. The molecular weight excluding hydrogens is 867 g/mol. The Bertz CT molecular complexity index is 3440. The Morgan fingerprint density at radius 3 is 1.76 bits per heavy atom. The first-order chi connectivity index (χ1) is 33.4. The molecule has 0 aliphatic carbocycles. The molecule has 3 heterocycles. The van der Waals surface area contributed by atoms with Crippen LogP contribution in [0.3, 0.4) is 0 Å². The fourth-order valence-corrected chi connectivity index (χ4v) is 10.2. The van der Waals surface area contributed by atoms with Crippen molar-refractivity contribution in [2.45, 2.75) is 145 Å². The van der Waals surface area contributed by atoms with Crippen molar-refractivity contribution >= 4 is 22.0 Å². The van der Waals surface area contributed by atoms with Gasteiger partial charge >= 0.3 is 0 Å². The first kappa shape index (κ1) is 49.3. The highest BCUT2D eigenvalue weighted by atomic mass is 16.3. The second kappa shape index (κ2) is 18.2. The molecule has 6 aromatic carbocycles. The number of benzene rings is 6. The fraction of sp³-hybridized carbons (Fsp3) is 0.333. The van der Waals surface area contributed by atoms with E-state index in [4.69, 9.17) is 14.4 Å². The van der Waals surface area contributed by atoms with Crippen molar-refractivity contribution in [3.05, 3.63) is 166 Å². The number of furan rings is 1. The molecule has 0 saturated carbocycles. The highest BCUT2D eigenvalue weighted by molar-refractivity contribution is 5.98. The summed E-state index contributed by atoms with van der Waals surface area (Å²) in [6, 6.07) is 45.9. The Morgan fingerprint density at radius 2 is 1.14 bits per heavy atom. The molecule has 0 fully saturated rings. The maximum atomic E-state index is 12.5. The SMILES string of the molecule is Cc1nc(-c2cc(-c3cccc4c3nc(-c3cc(C(C)(C)C)cc(C(C)(C)C)c3O)n4-c3ccccc3-c3ccccc3)cc(C(C)(C)C)c2)cc2oc(-c3c(C(C)C)cc(C(C)C)cc3C(C)C)cc12. The highest BCUT2D eigenvalue weighted by Crippen LogP contribution is 2.47. The number of phenolic OH excluding ortho intramolecular Hbond substituents is 1. The van der Waals surface area contributed by atoms with Crippen LogP contribution in [-0.2, 0) is 16.2 Å². The monoisotopic (exact) mass is 940 g/mol. The number of pyridine rings is 1. The molecule has 0 radical (unpaired) electrons. The Balaban J connectivity index is 1.29. The van der Waals surface area contributed by atoms with E-state index >= 15 is 0 Å². The van der Waals surface area contributed by atoms with Gasteiger partial charge in [0.05, 0.1) is 28.0 Å². The summed E-state index contributed by atoms with van der Waals surface area (Å²) in [6.45, 7) is 35.8. The average molecular weight is 940 g/mol. The summed E-state index contributed by atoms with van der Waals surface area (Å²) >= 11 is 0. The highest BCUT2D eigenvalue weighted by Gasteiger charge is 2.30. The number of para-hydroxylation sites is 2. The van der Waals surface area contributed by atoms with E-state index in [1.165, 1.54) is 27.8 Å². The first-order valence-corrected chi connectivity index (χ1v) is 25.7. The van der Waals surface area contributed by atoms with Crippen LogP contribution in [0.15, 0.2) is 132 Å². The van der Waals surface area contributed by atoms with Crippen molar-refractivity contribution in [1.82, 2.24) is 14.5 Å². The van der Waals surface area contributed by atoms with Crippen molar-refractivity contribution in [2.24, 2.45) is 0 Å². The molecular formula is C66H73N3O2. The lowest BCUT2D eigenvalue weighted by Crippen LogP contribution is -2.17. The summed E-state index contributed by atoms with van der Waals surface area (Å²) in [4.78, 5) is 11.0. The Labute approximate surface area is 423 Å². The van der Waals surface area contributed by atoms with Crippen LogP contribution in [0.5, 0.6) is 5.75 Å². The second-order valence-electron chi connectivity index (χ2n) is 24.0. The summed E-state index contributed by atoms with van der Waals surface area (Å²) in [6.07, 6.45) is 0. The van der Waals surface area contributed by atoms with Crippen LogP contribution < -0.4 is 0 Å². The van der Waals surface area contributed by atoms with Gasteiger partial charge in [-0.25, -0.2) is 4.98 Å². The van der Waals surface area contributed by atoms with E-state index in [-0.39, 0.29) is 22.0 Å². The lowest BCUT2D eigenvalue weighted by atomic mass is 9.79. The van der Waals surface area contributed by atoms with Gasteiger partial charge in [0.15, 0.2) is 0 Å². The molecule has 9 aromatic rings. The summed E-state index contributed by atoms with van der Waals surface area (Å²) in [5.41, 5.74) is 19.1. The number of nitrogens with zero attached hydrogens (tertiary/aromatic N) is 3. The Kier molecular flexibility index (Phi) is 12.6. The molecule has 0 unspecified atom stereocenters. The van der Waals surface area contributed by atoms with Gasteiger partial charge in [-0.2, -0.15) is 0 Å². The van der Waals surface area contributed by atoms with Crippen LogP contribution >= 0.6 is 0 Å². The first-order valence-electron chi connectivity index (χ1n) is 25.7. The zero-order valence-electron chi connectivity index (χ0n) is 45.1. The zero-order valence-corrected chi connectivity index (χ0v) is 45.1. The third-order valence-corrected chi connectivity index (χ3v) is 14.4. The van der Waals surface area contributed by atoms with Crippen LogP contribution in [-0.4, -0.2) is 19.6 Å². The zero-order chi connectivity index (χ0) is 51.1. The number of aromatic nitrogens is 3. The Morgan fingerprint density at radius 1 is 0.535 bits per heavy atom. The predicted octanol–water partition coefficient (Wildman–Crippen LogP) is 18.8. The molecule has 364 valence electrons. The van der Waals surface area contributed by atoms with E-state index in [0.717, 1.165) is 83.8 Å². The third-order valence-electron chi connectivity index (χ3n) is 14.4. The summed E-state index contributed by atoms with van der Waals surface area (Å²) in [5.74, 6) is 2.92. The number of hydrogen-bond donors (Lipinski definition) is 1. The smallest absolute Gasteiger partial charge is 0.149 e. The van der Waals surface area contributed by atoms with Gasteiger partial charge < -0.3 is 9.52 Å². The van der Waals surface area contributed by atoms with Crippen LogP contribution in [0.25, 0.3) is 83.9 Å². The molecule has 5 heteroatoms. The Hall–Kier alpha value is -6.72. The van der Waals surface area contributed by atoms with Crippen molar-refractivity contribution in [2.75, 3.05) is 0 Å². The molecule has 9 rings (SSSR count). The maximum Gasteiger partial charge on any atom is 0.149 e. The molecule has 71 heavy (non-hydrogen) atoms. The van der Waals surface area contributed by atoms with Gasteiger partial charge in [0, 0.05) is 45.0 Å². The quantitative estimate of drug-likeness (QED) is 0.157. The van der Waals surface area contributed by atoms with Gasteiger partial charge in [-0.15, -0.1) is 0 Å². The molecule has 3 aromatic heterocycles.